The van der Waals surface area contributed by atoms with E-state index in [9.17, 15) is 9.59 Å². The number of carbonyl (C=O) groups is 2. The Hall–Kier alpha value is -3.59. The van der Waals surface area contributed by atoms with E-state index >= 15 is 0 Å². The quantitative estimate of drug-likeness (QED) is 0.523. The minimum Gasteiger partial charge on any atom is -0.340 e. The van der Waals surface area contributed by atoms with Crippen LogP contribution in [0.25, 0.3) is 10.9 Å². The molecule has 0 radical (unpaired) electrons. The molecule has 5 rings (SSSR count). The normalized spacial score (nSPS) is 16.0. The number of nitrogens with one attached hydrogen (secondary N) is 1. The molecule has 1 saturated heterocycles. The maximum atomic E-state index is 13.0. The first kappa shape index (κ1) is 19.4. The molecule has 0 spiro atoms. The monoisotopic (exact) mass is 432 g/mol. The number of anilines is 1. The maximum Gasteiger partial charge on any atom is 0.258 e. The second-order valence-corrected chi connectivity index (χ2v) is 8.33. The van der Waals surface area contributed by atoms with Gasteiger partial charge in [-0.1, -0.05) is 18.2 Å². The number of rotatable bonds is 5. The lowest BCUT2D eigenvalue weighted by atomic mass is 9.99. The highest BCUT2D eigenvalue weighted by molar-refractivity contribution is 7.13. The van der Waals surface area contributed by atoms with Crippen LogP contribution < -0.4 is 5.32 Å². The highest BCUT2D eigenvalue weighted by Crippen LogP contribution is 2.30. The van der Waals surface area contributed by atoms with Crippen molar-refractivity contribution in [3.8, 4) is 0 Å². The molecule has 1 fully saturated rings. The highest BCUT2D eigenvalue weighted by atomic mass is 32.1. The Morgan fingerprint density at radius 3 is 2.90 bits per heavy atom. The van der Waals surface area contributed by atoms with Crippen LogP contribution in [0.3, 0.4) is 0 Å². The average molecular weight is 433 g/mol. The van der Waals surface area contributed by atoms with Gasteiger partial charge in [-0.25, -0.2) is 4.98 Å². The average Bonchev–Trinajstić information content (AvgIpc) is 3.55. The van der Waals surface area contributed by atoms with Gasteiger partial charge in [0.25, 0.3) is 5.91 Å². The Bertz CT molecular complexity index is 1220. The van der Waals surface area contributed by atoms with Crippen LogP contribution in [0.4, 0.5) is 5.13 Å². The van der Waals surface area contributed by atoms with E-state index in [-0.39, 0.29) is 24.3 Å². The SMILES string of the molecule is O=C(Nc1nccs1)c1cc(C2CCN(C(=O)Cn3cccn3)C2)nc2ccccc12. The summed E-state index contributed by atoms with van der Waals surface area (Å²) in [7, 11) is 0. The Morgan fingerprint density at radius 1 is 1.19 bits per heavy atom. The van der Waals surface area contributed by atoms with Gasteiger partial charge >= 0.3 is 0 Å². The number of likely N-dealkylation sites (tertiary alicyclic amines) is 1. The summed E-state index contributed by atoms with van der Waals surface area (Å²) >= 11 is 1.38. The van der Waals surface area contributed by atoms with Gasteiger partial charge in [0.15, 0.2) is 5.13 Å². The van der Waals surface area contributed by atoms with Gasteiger partial charge in [0, 0.05) is 54.1 Å². The summed E-state index contributed by atoms with van der Waals surface area (Å²) in [6, 6.07) is 11.3. The van der Waals surface area contributed by atoms with Crippen molar-refractivity contribution in [2.45, 2.75) is 18.9 Å². The molecule has 8 nitrogen and oxygen atoms in total. The predicted octanol–water partition coefficient (Wildman–Crippen LogP) is 3.16. The number of fused-ring (bicyclic) bond motifs is 1. The van der Waals surface area contributed by atoms with Crippen molar-refractivity contribution < 1.29 is 9.59 Å². The fourth-order valence-electron chi connectivity index (χ4n) is 3.90. The molecule has 0 aliphatic carbocycles. The molecular weight excluding hydrogens is 412 g/mol. The van der Waals surface area contributed by atoms with Crippen molar-refractivity contribution in [2.24, 2.45) is 0 Å². The fourth-order valence-corrected chi connectivity index (χ4v) is 4.43. The third kappa shape index (κ3) is 4.04. The van der Waals surface area contributed by atoms with E-state index < -0.39 is 0 Å². The van der Waals surface area contributed by atoms with E-state index in [1.54, 1.807) is 29.3 Å². The number of hydrogen-bond donors (Lipinski definition) is 1. The molecule has 1 unspecified atom stereocenters. The van der Waals surface area contributed by atoms with Gasteiger partial charge in [-0.2, -0.15) is 5.10 Å². The molecule has 1 N–H and O–H groups in total. The van der Waals surface area contributed by atoms with E-state index in [0.717, 1.165) is 23.0 Å². The molecule has 1 aliphatic rings. The van der Waals surface area contributed by atoms with E-state index in [1.165, 1.54) is 11.3 Å². The van der Waals surface area contributed by atoms with Crippen molar-refractivity contribution in [1.29, 1.82) is 0 Å². The number of thiazole rings is 1. The van der Waals surface area contributed by atoms with Gasteiger partial charge in [0.1, 0.15) is 6.54 Å². The summed E-state index contributed by atoms with van der Waals surface area (Å²) in [5.41, 5.74) is 2.17. The van der Waals surface area contributed by atoms with Gasteiger partial charge in [-0.3, -0.25) is 24.6 Å². The molecule has 1 atom stereocenters. The second-order valence-electron chi connectivity index (χ2n) is 7.43. The Kier molecular flexibility index (Phi) is 5.17. The molecule has 1 aromatic carbocycles. The molecule has 9 heteroatoms. The first-order chi connectivity index (χ1) is 15.2. The van der Waals surface area contributed by atoms with Gasteiger partial charge in [-0.15, -0.1) is 11.3 Å². The van der Waals surface area contributed by atoms with Crippen LogP contribution in [-0.2, 0) is 11.3 Å². The summed E-state index contributed by atoms with van der Waals surface area (Å²) in [6.07, 6.45) is 5.91. The van der Waals surface area contributed by atoms with Crippen LogP contribution in [0.1, 0.15) is 28.4 Å². The lowest BCUT2D eigenvalue weighted by molar-refractivity contribution is -0.131. The largest absolute Gasteiger partial charge is 0.340 e. The van der Waals surface area contributed by atoms with Crippen LogP contribution in [-0.4, -0.2) is 49.6 Å². The zero-order chi connectivity index (χ0) is 21.2. The number of aromatic nitrogens is 4. The third-order valence-corrected chi connectivity index (χ3v) is 6.14. The Morgan fingerprint density at radius 2 is 2.10 bits per heavy atom. The number of carbonyl (C=O) groups excluding carboxylic acids is 2. The van der Waals surface area contributed by atoms with Crippen molar-refractivity contribution in [2.75, 3.05) is 18.4 Å². The molecule has 156 valence electrons. The highest BCUT2D eigenvalue weighted by Gasteiger charge is 2.29. The van der Waals surface area contributed by atoms with E-state index in [2.05, 4.69) is 15.4 Å². The van der Waals surface area contributed by atoms with Gasteiger partial charge in [0.2, 0.25) is 5.91 Å². The smallest absolute Gasteiger partial charge is 0.258 e. The predicted molar refractivity (Wildman–Crippen MR) is 118 cm³/mol. The molecule has 3 aromatic heterocycles. The van der Waals surface area contributed by atoms with Gasteiger partial charge in [0.05, 0.1) is 11.1 Å². The lowest BCUT2D eigenvalue weighted by Gasteiger charge is -2.17. The summed E-state index contributed by atoms with van der Waals surface area (Å²) in [6.45, 7) is 1.48. The molecule has 31 heavy (non-hydrogen) atoms. The third-order valence-electron chi connectivity index (χ3n) is 5.45. The minimum atomic E-state index is -0.209. The number of hydrogen-bond acceptors (Lipinski definition) is 6. The summed E-state index contributed by atoms with van der Waals surface area (Å²) in [5, 5.41) is 10.1. The van der Waals surface area contributed by atoms with Crippen LogP contribution in [0, 0.1) is 0 Å². The van der Waals surface area contributed by atoms with Crippen LogP contribution in [0.2, 0.25) is 0 Å². The van der Waals surface area contributed by atoms with Gasteiger partial charge < -0.3 is 4.90 Å². The van der Waals surface area contributed by atoms with Crippen molar-refractivity contribution in [1.82, 2.24) is 24.6 Å². The van der Waals surface area contributed by atoms with E-state index in [0.29, 0.717) is 23.8 Å². The Balaban J connectivity index is 1.40. The summed E-state index contributed by atoms with van der Waals surface area (Å²) in [4.78, 5) is 36.4. The Labute approximate surface area is 182 Å². The lowest BCUT2D eigenvalue weighted by Crippen LogP contribution is -2.32. The number of nitrogens with zero attached hydrogens (tertiary/aromatic N) is 5. The molecule has 0 saturated carbocycles. The minimum absolute atomic E-state index is 0.0359. The first-order valence-corrected chi connectivity index (χ1v) is 10.9. The maximum absolute atomic E-state index is 13.0. The zero-order valence-electron chi connectivity index (χ0n) is 16.6. The number of para-hydroxylation sites is 1. The molecule has 4 aromatic rings. The standard InChI is InChI=1S/C22H20N6O2S/c29-20(14-28-9-3-7-24-28)27-10-6-15(13-27)19-12-17(16-4-1-2-5-18(16)25-19)21(30)26-22-23-8-11-31-22/h1-5,7-9,11-12,15H,6,10,13-14H2,(H,23,26,30). The van der Waals surface area contributed by atoms with Crippen LogP contribution >= 0.6 is 11.3 Å². The van der Waals surface area contributed by atoms with Crippen LogP contribution in [0.5, 0.6) is 0 Å². The molecule has 0 bridgehead atoms. The molecular formula is C22H20N6O2S. The number of pyridine rings is 1. The van der Waals surface area contributed by atoms with Gasteiger partial charge in [-0.05, 0) is 24.6 Å². The summed E-state index contributed by atoms with van der Waals surface area (Å²) < 4.78 is 1.63. The van der Waals surface area contributed by atoms with E-state index in [1.807, 2.05) is 40.6 Å². The van der Waals surface area contributed by atoms with Crippen LogP contribution in [0.15, 0.2) is 60.4 Å². The van der Waals surface area contributed by atoms with Crippen molar-refractivity contribution >= 4 is 39.2 Å². The first-order valence-electron chi connectivity index (χ1n) is 10.0. The molecule has 4 heterocycles. The topological polar surface area (TPSA) is 93.0 Å². The van der Waals surface area contributed by atoms with Crippen molar-refractivity contribution in [3.05, 3.63) is 71.6 Å². The summed E-state index contributed by atoms with van der Waals surface area (Å²) in [5.74, 6) is -0.0919. The van der Waals surface area contributed by atoms with Crippen molar-refractivity contribution in [3.63, 3.8) is 0 Å². The number of amides is 2. The zero-order valence-corrected chi connectivity index (χ0v) is 17.5. The van der Waals surface area contributed by atoms with E-state index in [4.69, 9.17) is 4.98 Å². The molecule has 2 amide bonds. The molecule has 1 aliphatic heterocycles. The fraction of sp³-hybridized carbons (Fsp3) is 0.227. The number of benzene rings is 1. The second kappa shape index (κ2) is 8.27.